The molecular weight excluding hydrogens is 438 g/mol. The number of rotatable bonds is 8. The molecule has 33 heavy (non-hydrogen) atoms. The second kappa shape index (κ2) is 9.38. The number of ether oxygens (including phenoxy) is 1. The number of amides is 1. The van der Waals surface area contributed by atoms with E-state index in [-0.39, 0.29) is 11.3 Å². The molecule has 0 spiro atoms. The van der Waals surface area contributed by atoms with Crippen LogP contribution in [0.5, 0.6) is 5.75 Å². The zero-order valence-electron chi connectivity index (χ0n) is 16.9. The summed E-state index contributed by atoms with van der Waals surface area (Å²) >= 11 is 0. The maximum atomic E-state index is 12.5. The van der Waals surface area contributed by atoms with Crippen LogP contribution in [0.1, 0.15) is 10.4 Å². The molecule has 0 radical (unpaired) electrons. The van der Waals surface area contributed by atoms with Crippen molar-refractivity contribution in [2.75, 3.05) is 17.7 Å². The quantitative estimate of drug-likeness (QED) is 0.369. The number of carbonyl (C=O) groups excluding carboxylic acids is 1. The SMILES string of the molecule is COc1ccccc1NC(=O)c1ccc(Nc2c([N+](=O)[O-])cc([N+](=O)[O-])cc2[N+](=O)[O-])cc1. The van der Waals surface area contributed by atoms with Crippen molar-refractivity contribution in [1.82, 2.24) is 0 Å². The monoisotopic (exact) mass is 453 g/mol. The number of hydrogen-bond acceptors (Lipinski definition) is 9. The van der Waals surface area contributed by atoms with Gasteiger partial charge in [0.1, 0.15) is 5.75 Å². The van der Waals surface area contributed by atoms with Crippen LogP contribution in [0.25, 0.3) is 0 Å². The number of non-ortho nitro benzene ring substituents is 1. The Morgan fingerprint density at radius 2 is 1.42 bits per heavy atom. The Hall–Kier alpha value is -5.07. The van der Waals surface area contributed by atoms with E-state index in [0.29, 0.717) is 23.6 Å². The summed E-state index contributed by atoms with van der Waals surface area (Å²) < 4.78 is 5.17. The molecule has 0 saturated carbocycles. The van der Waals surface area contributed by atoms with Crippen molar-refractivity contribution in [3.05, 3.63) is 96.6 Å². The van der Waals surface area contributed by atoms with Crippen LogP contribution in [-0.2, 0) is 0 Å². The number of para-hydroxylation sites is 2. The second-order valence-electron chi connectivity index (χ2n) is 6.49. The van der Waals surface area contributed by atoms with Gasteiger partial charge in [0.25, 0.3) is 11.6 Å². The fraction of sp³-hybridized carbons (Fsp3) is 0.0500. The minimum Gasteiger partial charge on any atom is -0.495 e. The normalized spacial score (nSPS) is 10.2. The van der Waals surface area contributed by atoms with Crippen molar-refractivity contribution in [3.63, 3.8) is 0 Å². The molecule has 0 atom stereocenters. The summed E-state index contributed by atoms with van der Waals surface area (Å²) in [6, 6.07) is 13.6. The van der Waals surface area contributed by atoms with E-state index < -0.39 is 43.4 Å². The molecule has 13 nitrogen and oxygen atoms in total. The Bertz CT molecular complexity index is 1220. The first-order chi connectivity index (χ1) is 15.7. The van der Waals surface area contributed by atoms with E-state index in [9.17, 15) is 35.1 Å². The molecular formula is C20H15N5O8. The summed E-state index contributed by atoms with van der Waals surface area (Å²) in [4.78, 5) is 43.4. The molecule has 0 unspecified atom stereocenters. The van der Waals surface area contributed by atoms with Gasteiger partial charge in [0.05, 0.1) is 39.7 Å². The van der Waals surface area contributed by atoms with Gasteiger partial charge in [-0.25, -0.2) is 0 Å². The maximum absolute atomic E-state index is 12.5. The average Bonchev–Trinajstić information content (AvgIpc) is 2.79. The number of nitro groups is 3. The van der Waals surface area contributed by atoms with Crippen molar-refractivity contribution in [3.8, 4) is 5.75 Å². The van der Waals surface area contributed by atoms with Gasteiger partial charge in [-0.1, -0.05) is 12.1 Å². The Morgan fingerprint density at radius 1 is 0.848 bits per heavy atom. The molecule has 0 aliphatic rings. The molecule has 0 aliphatic carbocycles. The van der Waals surface area contributed by atoms with Crippen molar-refractivity contribution in [1.29, 1.82) is 0 Å². The van der Waals surface area contributed by atoms with Gasteiger partial charge >= 0.3 is 11.4 Å². The summed E-state index contributed by atoms with van der Waals surface area (Å²) in [6.07, 6.45) is 0. The number of anilines is 3. The standard InChI is InChI=1S/C20H15N5O8/c1-33-18-5-3-2-4-15(18)22-20(26)12-6-8-13(9-7-12)21-19-16(24(29)30)10-14(23(27)28)11-17(19)25(31)32/h2-11,21H,1H3,(H,22,26). The third-order valence-electron chi connectivity index (χ3n) is 4.46. The van der Waals surface area contributed by atoms with Crippen molar-refractivity contribution in [2.45, 2.75) is 0 Å². The number of carbonyl (C=O) groups is 1. The number of benzene rings is 3. The number of nitrogens with one attached hydrogen (secondary N) is 2. The van der Waals surface area contributed by atoms with E-state index in [2.05, 4.69) is 10.6 Å². The van der Waals surface area contributed by atoms with Gasteiger partial charge in [0.2, 0.25) is 0 Å². The maximum Gasteiger partial charge on any atom is 0.306 e. The first kappa shape index (κ1) is 22.6. The molecule has 3 rings (SSSR count). The zero-order chi connectivity index (χ0) is 24.1. The van der Waals surface area contributed by atoms with Gasteiger partial charge in [0.15, 0.2) is 5.69 Å². The van der Waals surface area contributed by atoms with E-state index >= 15 is 0 Å². The topological polar surface area (TPSA) is 180 Å². The lowest BCUT2D eigenvalue weighted by Crippen LogP contribution is -2.12. The van der Waals surface area contributed by atoms with Crippen molar-refractivity contribution < 1.29 is 24.3 Å². The number of nitro benzene ring substituents is 3. The van der Waals surface area contributed by atoms with Crippen LogP contribution in [-0.4, -0.2) is 27.8 Å². The minimum atomic E-state index is -0.961. The van der Waals surface area contributed by atoms with E-state index in [1.54, 1.807) is 24.3 Å². The minimum absolute atomic E-state index is 0.184. The van der Waals surface area contributed by atoms with Crippen LogP contribution in [0.4, 0.5) is 34.1 Å². The molecule has 0 aromatic heterocycles. The summed E-state index contributed by atoms with van der Waals surface area (Å²) in [5, 5.41) is 39.0. The number of methoxy groups -OCH3 is 1. The Morgan fingerprint density at radius 3 is 1.94 bits per heavy atom. The first-order valence-corrected chi connectivity index (χ1v) is 9.14. The number of hydrogen-bond donors (Lipinski definition) is 2. The Balaban J connectivity index is 1.89. The summed E-state index contributed by atoms with van der Waals surface area (Å²) in [6.45, 7) is 0. The average molecular weight is 453 g/mol. The second-order valence-corrected chi connectivity index (χ2v) is 6.49. The molecule has 168 valence electrons. The van der Waals surface area contributed by atoms with Gasteiger partial charge < -0.3 is 15.4 Å². The highest BCUT2D eigenvalue weighted by Crippen LogP contribution is 2.40. The van der Waals surface area contributed by atoms with E-state index in [4.69, 9.17) is 4.74 Å². The van der Waals surface area contributed by atoms with Crippen LogP contribution in [0.15, 0.2) is 60.7 Å². The molecule has 1 amide bonds. The lowest BCUT2D eigenvalue weighted by molar-refractivity contribution is -0.401. The fourth-order valence-corrected chi connectivity index (χ4v) is 2.91. The van der Waals surface area contributed by atoms with Gasteiger partial charge in [0, 0.05) is 11.3 Å². The highest BCUT2D eigenvalue weighted by Gasteiger charge is 2.30. The molecule has 0 heterocycles. The van der Waals surface area contributed by atoms with Crippen LogP contribution in [0.3, 0.4) is 0 Å². The number of nitrogens with zero attached hydrogens (tertiary/aromatic N) is 3. The lowest BCUT2D eigenvalue weighted by Gasteiger charge is -2.11. The zero-order valence-corrected chi connectivity index (χ0v) is 16.9. The predicted octanol–water partition coefficient (Wildman–Crippen LogP) is 4.42. The van der Waals surface area contributed by atoms with Crippen LogP contribution in [0.2, 0.25) is 0 Å². The summed E-state index contributed by atoms with van der Waals surface area (Å²) in [5.74, 6) is 0.000254. The van der Waals surface area contributed by atoms with E-state index in [1.165, 1.54) is 31.4 Å². The van der Waals surface area contributed by atoms with Gasteiger partial charge in [-0.15, -0.1) is 0 Å². The molecule has 3 aromatic carbocycles. The summed E-state index contributed by atoms with van der Waals surface area (Å²) in [5.41, 5.74) is -2.13. The highest BCUT2D eigenvalue weighted by atomic mass is 16.6. The molecule has 13 heteroatoms. The van der Waals surface area contributed by atoms with Crippen molar-refractivity contribution in [2.24, 2.45) is 0 Å². The fourth-order valence-electron chi connectivity index (χ4n) is 2.91. The molecule has 0 aliphatic heterocycles. The van der Waals surface area contributed by atoms with Gasteiger partial charge in [-0.05, 0) is 36.4 Å². The summed E-state index contributed by atoms with van der Waals surface area (Å²) in [7, 11) is 1.46. The molecule has 3 aromatic rings. The van der Waals surface area contributed by atoms with Crippen LogP contribution >= 0.6 is 0 Å². The van der Waals surface area contributed by atoms with Gasteiger partial charge in [-0.3, -0.25) is 35.1 Å². The van der Waals surface area contributed by atoms with Crippen LogP contribution < -0.4 is 15.4 Å². The predicted molar refractivity (Wildman–Crippen MR) is 117 cm³/mol. The first-order valence-electron chi connectivity index (χ1n) is 9.14. The van der Waals surface area contributed by atoms with Crippen molar-refractivity contribution >= 4 is 40.0 Å². The highest BCUT2D eigenvalue weighted by molar-refractivity contribution is 6.05. The Labute approximate surface area is 185 Å². The lowest BCUT2D eigenvalue weighted by atomic mass is 10.1. The van der Waals surface area contributed by atoms with Crippen LogP contribution in [0, 0.1) is 30.3 Å². The van der Waals surface area contributed by atoms with E-state index in [1.807, 2.05) is 0 Å². The Kier molecular flexibility index (Phi) is 6.43. The third kappa shape index (κ3) is 4.99. The molecule has 0 saturated heterocycles. The van der Waals surface area contributed by atoms with E-state index in [0.717, 1.165) is 0 Å². The molecule has 0 bridgehead atoms. The van der Waals surface area contributed by atoms with Gasteiger partial charge in [-0.2, -0.15) is 0 Å². The smallest absolute Gasteiger partial charge is 0.306 e. The molecule has 2 N–H and O–H groups in total. The third-order valence-corrected chi connectivity index (χ3v) is 4.46. The largest absolute Gasteiger partial charge is 0.495 e. The molecule has 0 fully saturated rings.